The van der Waals surface area contributed by atoms with Gasteiger partial charge in [0.2, 0.25) is 0 Å². The van der Waals surface area contributed by atoms with Crippen LogP contribution in [0.5, 0.6) is 0 Å². The van der Waals surface area contributed by atoms with Crippen molar-refractivity contribution in [1.29, 1.82) is 0 Å². The van der Waals surface area contributed by atoms with Gasteiger partial charge in [-0.25, -0.2) is 0 Å². The van der Waals surface area contributed by atoms with Gasteiger partial charge < -0.3 is 4.18 Å². The second-order valence-corrected chi connectivity index (χ2v) is 6.74. The maximum absolute atomic E-state index is 12.2. The summed E-state index contributed by atoms with van der Waals surface area (Å²) in [6.07, 6.45) is 3.60. The van der Waals surface area contributed by atoms with Crippen LogP contribution in [0.15, 0.2) is 23.0 Å². The van der Waals surface area contributed by atoms with Gasteiger partial charge in [0.05, 0.1) is 0 Å². The van der Waals surface area contributed by atoms with Crippen molar-refractivity contribution in [3.63, 3.8) is 0 Å². The Labute approximate surface area is 111 Å². The second-order valence-electron chi connectivity index (χ2n) is 5.20. The highest BCUT2D eigenvalue weighted by Crippen LogP contribution is 2.43. The smallest absolute Gasteiger partial charge is 0.381 e. The van der Waals surface area contributed by atoms with E-state index in [2.05, 4.69) is 4.18 Å². The molecule has 0 N–H and O–H groups in total. The van der Waals surface area contributed by atoms with Gasteiger partial charge in [-0.05, 0) is 43.3 Å². The molecule has 0 aromatic carbocycles. The third-order valence-electron chi connectivity index (χ3n) is 3.30. The van der Waals surface area contributed by atoms with E-state index in [-0.39, 0.29) is 11.2 Å². The monoisotopic (exact) mass is 298 g/mol. The van der Waals surface area contributed by atoms with Gasteiger partial charge in [-0.3, -0.25) is 0 Å². The predicted octanol–water partition coefficient (Wildman–Crippen LogP) is 3.89. The zero-order valence-electron chi connectivity index (χ0n) is 11.3. The Balaban J connectivity index is 3.06. The quantitative estimate of drug-likeness (QED) is 0.451. The highest BCUT2D eigenvalue weighted by Gasteiger charge is 2.48. The van der Waals surface area contributed by atoms with E-state index >= 15 is 0 Å². The first-order valence-electron chi connectivity index (χ1n) is 5.78. The largest absolute Gasteiger partial charge is 0.534 e. The van der Waals surface area contributed by atoms with Gasteiger partial charge in [0, 0.05) is 0 Å². The Morgan fingerprint density at radius 2 is 1.84 bits per heavy atom. The molecule has 0 atom stereocenters. The Morgan fingerprint density at radius 3 is 2.21 bits per heavy atom. The normalized spacial score (nSPS) is 20.9. The van der Waals surface area contributed by atoms with Crippen LogP contribution in [0.3, 0.4) is 0 Å². The van der Waals surface area contributed by atoms with E-state index in [4.69, 9.17) is 0 Å². The lowest BCUT2D eigenvalue weighted by Gasteiger charge is -2.24. The van der Waals surface area contributed by atoms with Crippen LogP contribution in [0.1, 0.15) is 40.5 Å². The molecule has 19 heavy (non-hydrogen) atoms. The number of halogens is 3. The van der Waals surface area contributed by atoms with Crippen LogP contribution in [0.25, 0.3) is 0 Å². The second kappa shape index (κ2) is 4.85. The van der Waals surface area contributed by atoms with Crippen LogP contribution >= 0.6 is 0 Å². The molecule has 1 aliphatic rings. The third kappa shape index (κ3) is 3.32. The van der Waals surface area contributed by atoms with Crippen molar-refractivity contribution in [3.05, 3.63) is 23.0 Å². The van der Waals surface area contributed by atoms with Crippen LogP contribution in [-0.2, 0) is 14.3 Å². The summed E-state index contributed by atoms with van der Waals surface area (Å²) in [5.74, 6) is -0.237. The molecule has 0 aromatic rings. The van der Waals surface area contributed by atoms with E-state index < -0.39 is 15.6 Å². The fraction of sp³-hybridized carbons (Fsp3) is 0.667. The zero-order valence-corrected chi connectivity index (χ0v) is 12.1. The molecule has 0 spiro atoms. The molecule has 0 heterocycles. The Morgan fingerprint density at radius 1 is 1.32 bits per heavy atom. The summed E-state index contributed by atoms with van der Waals surface area (Å²) in [5.41, 5.74) is -4.32. The molecule has 0 fully saturated rings. The molecule has 1 rings (SSSR count). The number of allylic oxidation sites excluding steroid dienone is 4. The van der Waals surface area contributed by atoms with E-state index in [0.29, 0.717) is 5.57 Å². The highest BCUT2D eigenvalue weighted by molar-refractivity contribution is 7.87. The summed E-state index contributed by atoms with van der Waals surface area (Å²) in [6, 6.07) is 0. The Hall–Kier alpha value is -0.980. The molecule has 0 aliphatic heterocycles. The lowest BCUT2D eigenvalue weighted by Crippen LogP contribution is -2.25. The molecule has 0 saturated heterocycles. The first-order chi connectivity index (χ1) is 8.38. The van der Waals surface area contributed by atoms with Crippen molar-refractivity contribution in [2.24, 2.45) is 5.41 Å². The summed E-state index contributed by atoms with van der Waals surface area (Å²) in [5, 5.41) is 0. The molecule has 110 valence electrons. The number of hydrogen-bond acceptors (Lipinski definition) is 3. The minimum absolute atomic E-state index is 0.184. The predicted molar refractivity (Wildman–Crippen MR) is 65.5 cm³/mol. The summed E-state index contributed by atoms with van der Waals surface area (Å²) in [6.45, 7) is 6.72. The lowest BCUT2D eigenvalue weighted by molar-refractivity contribution is -0.0522. The summed E-state index contributed by atoms with van der Waals surface area (Å²) >= 11 is 0. The molecule has 0 unspecified atom stereocenters. The first-order valence-corrected chi connectivity index (χ1v) is 7.18. The molecule has 0 radical (unpaired) electrons. The average molecular weight is 298 g/mol. The van der Waals surface area contributed by atoms with Gasteiger partial charge in [-0.1, -0.05) is 19.9 Å². The van der Waals surface area contributed by atoms with E-state index in [1.807, 2.05) is 19.9 Å². The molecule has 1 aliphatic carbocycles. The SMILES string of the molecule is CC(OS(=O)(=O)C(F)(F)F)=C(C)C1=CCCC1(C)C. The Kier molecular flexibility index (Phi) is 4.10. The van der Waals surface area contributed by atoms with Crippen molar-refractivity contribution in [1.82, 2.24) is 0 Å². The van der Waals surface area contributed by atoms with Crippen molar-refractivity contribution >= 4 is 10.1 Å². The molecule has 0 aromatic heterocycles. The minimum Gasteiger partial charge on any atom is -0.381 e. The average Bonchev–Trinajstić information content (AvgIpc) is 2.54. The fourth-order valence-electron chi connectivity index (χ4n) is 2.11. The van der Waals surface area contributed by atoms with Crippen LogP contribution in [0.2, 0.25) is 0 Å². The van der Waals surface area contributed by atoms with Gasteiger partial charge in [0.1, 0.15) is 5.76 Å². The van der Waals surface area contributed by atoms with Crippen molar-refractivity contribution < 1.29 is 25.8 Å². The van der Waals surface area contributed by atoms with Gasteiger partial charge in [-0.2, -0.15) is 21.6 Å². The highest BCUT2D eigenvalue weighted by atomic mass is 32.2. The van der Waals surface area contributed by atoms with Gasteiger partial charge in [0.15, 0.2) is 0 Å². The van der Waals surface area contributed by atoms with E-state index in [1.54, 1.807) is 6.92 Å². The molecule has 3 nitrogen and oxygen atoms in total. The first kappa shape index (κ1) is 16.1. The van der Waals surface area contributed by atoms with E-state index in [1.165, 1.54) is 6.92 Å². The van der Waals surface area contributed by atoms with Crippen LogP contribution in [0, 0.1) is 5.41 Å². The fourth-order valence-corrected chi connectivity index (χ4v) is 2.66. The molecule has 0 bridgehead atoms. The standard InChI is InChI=1S/C12H17F3O3S/c1-8(10-6-5-7-11(10,3)4)9(2)18-19(16,17)12(13,14)15/h6H,5,7H2,1-4H3. The number of alkyl halides is 3. The summed E-state index contributed by atoms with van der Waals surface area (Å²) < 4.78 is 62.7. The van der Waals surface area contributed by atoms with Crippen molar-refractivity contribution in [3.8, 4) is 0 Å². The molecule has 7 heteroatoms. The van der Waals surface area contributed by atoms with Crippen LogP contribution in [-0.4, -0.2) is 13.9 Å². The maximum Gasteiger partial charge on any atom is 0.534 e. The molecular weight excluding hydrogens is 281 g/mol. The van der Waals surface area contributed by atoms with E-state index in [0.717, 1.165) is 18.4 Å². The zero-order chi connectivity index (χ0) is 15.1. The van der Waals surface area contributed by atoms with Crippen molar-refractivity contribution in [2.75, 3.05) is 0 Å². The number of rotatable bonds is 3. The van der Waals surface area contributed by atoms with E-state index in [9.17, 15) is 21.6 Å². The molecular formula is C12H17F3O3S. The molecule has 0 saturated carbocycles. The van der Waals surface area contributed by atoms with Gasteiger partial charge in [0.25, 0.3) is 0 Å². The maximum atomic E-state index is 12.2. The van der Waals surface area contributed by atoms with Crippen molar-refractivity contribution in [2.45, 2.75) is 46.0 Å². The number of hydrogen-bond donors (Lipinski definition) is 0. The summed E-state index contributed by atoms with van der Waals surface area (Å²) in [7, 11) is -5.59. The van der Waals surface area contributed by atoms with Gasteiger partial charge >= 0.3 is 15.6 Å². The topological polar surface area (TPSA) is 43.4 Å². The Bertz CT molecular complexity index is 525. The lowest BCUT2D eigenvalue weighted by atomic mass is 9.82. The van der Waals surface area contributed by atoms with Gasteiger partial charge in [-0.15, -0.1) is 0 Å². The van der Waals surface area contributed by atoms with Crippen LogP contribution < -0.4 is 0 Å². The summed E-state index contributed by atoms with van der Waals surface area (Å²) in [4.78, 5) is 0. The van der Waals surface area contributed by atoms with Crippen LogP contribution in [0.4, 0.5) is 13.2 Å². The minimum atomic E-state index is -5.59. The third-order valence-corrected chi connectivity index (χ3v) is 4.33. The molecule has 0 amide bonds.